The SMILES string of the molecule is CC.C[n+]1nc(-c2ccccc2)ccc1CCc1ccc(Br)cc1. The number of aryl methyl sites for hydroxylation is 3. The molecule has 3 rings (SSSR count). The van der Waals surface area contributed by atoms with Gasteiger partial charge in [0.1, 0.15) is 5.69 Å². The molecule has 0 bridgehead atoms. The van der Waals surface area contributed by atoms with Crippen LogP contribution >= 0.6 is 15.9 Å². The molecule has 124 valence electrons. The van der Waals surface area contributed by atoms with Gasteiger partial charge < -0.3 is 0 Å². The van der Waals surface area contributed by atoms with Crippen LogP contribution in [0.4, 0.5) is 0 Å². The molecule has 0 amide bonds. The van der Waals surface area contributed by atoms with Crippen LogP contribution in [0, 0.1) is 0 Å². The molecule has 2 nitrogen and oxygen atoms in total. The highest BCUT2D eigenvalue weighted by Crippen LogP contribution is 2.15. The van der Waals surface area contributed by atoms with Gasteiger partial charge in [-0.3, -0.25) is 0 Å². The molecule has 1 aromatic heterocycles. The Morgan fingerprint density at radius 1 is 0.833 bits per heavy atom. The minimum absolute atomic E-state index is 0.986. The maximum atomic E-state index is 4.68. The summed E-state index contributed by atoms with van der Waals surface area (Å²) >= 11 is 3.47. The largest absolute Gasteiger partial charge is 0.208 e. The highest BCUT2D eigenvalue weighted by molar-refractivity contribution is 9.10. The highest BCUT2D eigenvalue weighted by Gasteiger charge is 2.11. The molecule has 0 aliphatic rings. The molecular formula is C21H24BrN2+. The number of rotatable bonds is 4. The second-order valence-corrected chi connectivity index (χ2v) is 6.24. The van der Waals surface area contributed by atoms with E-state index in [1.807, 2.05) is 43.8 Å². The van der Waals surface area contributed by atoms with E-state index in [0.717, 1.165) is 28.6 Å². The molecule has 2 aromatic carbocycles. The zero-order chi connectivity index (χ0) is 17.4. The third-order valence-electron chi connectivity index (χ3n) is 3.76. The Balaban J connectivity index is 0.00000100. The Hall–Kier alpha value is -2.00. The van der Waals surface area contributed by atoms with Gasteiger partial charge in [-0.1, -0.05) is 76.9 Å². The summed E-state index contributed by atoms with van der Waals surface area (Å²) in [6, 6.07) is 23.1. The van der Waals surface area contributed by atoms with Crippen molar-refractivity contribution in [1.82, 2.24) is 5.10 Å². The third kappa shape index (κ3) is 5.00. The van der Waals surface area contributed by atoms with Crippen molar-refractivity contribution in [1.29, 1.82) is 0 Å². The van der Waals surface area contributed by atoms with E-state index in [9.17, 15) is 0 Å². The lowest BCUT2D eigenvalue weighted by Crippen LogP contribution is -2.38. The van der Waals surface area contributed by atoms with Crippen molar-refractivity contribution >= 4 is 15.9 Å². The Kier molecular flexibility index (Phi) is 7.13. The first-order valence-electron chi connectivity index (χ1n) is 8.38. The van der Waals surface area contributed by atoms with E-state index >= 15 is 0 Å². The molecule has 0 radical (unpaired) electrons. The maximum absolute atomic E-state index is 4.68. The summed E-state index contributed by atoms with van der Waals surface area (Å²) in [6.45, 7) is 4.00. The van der Waals surface area contributed by atoms with Crippen molar-refractivity contribution in [2.45, 2.75) is 26.7 Å². The fourth-order valence-electron chi connectivity index (χ4n) is 2.47. The molecule has 0 aliphatic carbocycles. The third-order valence-corrected chi connectivity index (χ3v) is 4.29. The first-order valence-corrected chi connectivity index (χ1v) is 9.18. The Morgan fingerprint density at radius 3 is 2.12 bits per heavy atom. The summed E-state index contributed by atoms with van der Waals surface area (Å²) in [7, 11) is 2.02. The zero-order valence-electron chi connectivity index (χ0n) is 14.5. The number of nitrogens with zero attached hydrogens (tertiary/aromatic N) is 2. The van der Waals surface area contributed by atoms with Gasteiger partial charge >= 0.3 is 0 Å². The van der Waals surface area contributed by atoms with E-state index in [0.29, 0.717) is 0 Å². The summed E-state index contributed by atoms with van der Waals surface area (Å²) in [4.78, 5) is 0. The molecule has 0 aliphatic heterocycles. The topological polar surface area (TPSA) is 16.8 Å². The minimum Gasteiger partial charge on any atom is -0.0906 e. The smallest absolute Gasteiger partial charge is 0.0906 e. The van der Waals surface area contributed by atoms with Crippen LogP contribution in [0.15, 0.2) is 71.2 Å². The van der Waals surface area contributed by atoms with Gasteiger partial charge in [-0.05, 0) is 30.2 Å². The van der Waals surface area contributed by atoms with E-state index in [1.54, 1.807) is 0 Å². The molecule has 1 heterocycles. The highest BCUT2D eigenvalue weighted by atomic mass is 79.9. The number of hydrogen-bond acceptors (Lipinski definition) is 1. The van der Waals surface area contributed by atoms with Gasteiger partial charge in [0.25, 0.3) is 0 Å². The molecule has 0 atom stereocenters. The van der Waals surface area contributed by atoms with E-state index in [-0.39, 0.29) is 0 Å². The van der Waals surface area contributed by atoms with Crippen LogP contribution in [0.1, 0.15) is 25.1 Å². The van der Waals surface area contributed by atoms with Crippen molar-refractivity contribution in [2.75, 3.05) is 0 Å². The maximum Gasteiger partial charge on any atom is 0.208 e. The van der Waals surface area contributed by atoms with Gasteiger partial charge in [0.2, 0.25) is 5.69 Å². The van der Waals surface area contributed by atoms with Gasteiger partial charge in [0, 0.05) is 27.6 Å². The molecule has 0 N–H and O–H groups in total. The van der Waals surface area contributed by atoms with Gasteiger partial charge in [-0.15, -0.1) is 0 Å². The number of benzene rings is 2. The molecule has 3 heteroatoms. The molecular weight excluding hydrogens is 360 g/mol. The molecule has 24 heavy (non-hydrogen) atoms. The van der Waals surface area contributed by atoms with Crippen LogP contribution in [0.2, 0.25) is 0 Å². The standard InChI is InChI=1S/C19H18BrN2.C2H6/c1-22-18(12-9-15-7-10-17(20)11-8-15)13-14-19(21-22)16-5-3-2-4-6-16;1-2/h2-8,10-11,13-14H,9,12H2,1H3;1-2H3/q+1;. The number of hydrogen-bond donors (Lipinski definition) is 0. The Morgan fingerprint density at radius 2 is 1.50 bits per heavy atom. The van der Waals surface area contributed by atoms with Crippen LogP contribution in [0.25, 0.3) is 11.3 Å². The van der Waals surface area contributed by atoms with Crippen LogP contribution in [-0.2, 0) is 19.9 Å². The van der Waals surface area contributed by atoms with Crippen molar-refractivity contribution in [3.8, 4) is 11.3 Å². The molecule has 0 unspecified atom stereocenters. The molecule has 0 spiro atoms. The van der Waals surface area contributed by atoms with E-state index in [2.05, 4.69) is 69.6 Å². The second kappa shape index (κ2) is 9.33. The molecule has 0 fully saturated rings. The van der Waals surface area contributed by atoms with Crippen molar-refractivity contribution in [2.24, 2.45) is 7.05 Å². The predicted octanol–water partition coefficient (Wildman–Crippen LogP) is 5.15. The Bertz CT molecular complexity index is 753. The lowest BCUT2D eigenvalue weighted by Gasteiger charge is -2.03. The number of aromatic nitrogens is 2. The second-order valence-electron chi connectivity index (χ2n) is 5.33. The van der Waals surface area contributed by atoms with Gasteiger partial charge in [-0.2, -0.15) is 0 Å². The minimum atomic E-state index is 0.986. The first-order chi connectivity index (χ1) is 11.7. The lowest BCUT2D eigenvalue weighted by molar-refractivity contribution is -0.736. The summed E-state index contributed by atoms with van der Waals surface area (Å²) < 4.78 is 3.11. The molecule has 3 aromatic rings. The monoisotopic (exact) mass is 383 g/mol. The van der Waals surface area contributed by atoms with Crippen molar-refractivity contribution in [3.63, 3.8) is 0 Å². The zero-order valence-corrected chi connectivity index (χ0v) is 16.1. The average Bonchev–Trinajstić information content (AvgIpc) is 2.64. The summed E-state index contributed by atoms with van der Waals surface area (Å²) in [6.07, 6.45) is 2.01. The summed E-state index contributed by atoms with van der Waals surface area (Å²) in [5, 5.41) is 4.68. The van der Waals surface area contributed by atoms with Crippen molar-refractivity contribution < 1.29 is 4.68 Å². The van der Waals surface area contributed by atoms with Crippen LogP contribution in [0.3, 0.4) is 0 Å². The van der Waals surface area contributed by atoms with Gasteiger partial charge in [-0.25, -0.2) is 0 Å². The van der Waals surface area contributed by atoms with Gasteiger partial charge in [0.15, 0.2) is 7.05 Å². The van der Waals surface area contributed by atoms with Crippen LogP contribution in [0.5, 0.6) is 0 Å². The predicted molar refractivity (Wildman–Crippen MR) is 104 cm³/mol. The molecule has 0 saturated carbocycles. The van der Waals surface area contributed by atoms with E-state index in [4.69, 9.17) is 0 Å². The van der Waals surface area contributed by atoms with Crippen LogP contribution < -0.4 is 4.68 Å². The fourth-order valence-corrected chi connectivity index (χ4v) is 2.74. The lowest BCUT2D eigenvalue weighted by atomic mass is 10.1. The van der Waals surface area contributed by atoms with E-state index < -0.39 is 0 Å². The van der Waals surface area contributed by atoms with E-state index in [1.165, 1.54) is 11.3 Å². The quantitative estimate of drug-likeness (QED) is 0.569. The first kappa shape index (κ1) is 18.3. The normalized spacial score (nSPS) is 10.0. The summed E-state index contributed by atoms with van der Waals surface area (Å²) in [5.74, 6) is 0. The fraction of sp³-hybridized carbons (Fsp3) is 0.238. The summed E-state index contributed by atoms with van der Waals surface area (Å²) in [5.41, 5.74) is 4.74. The average molecular weight is 384 g/mol. The Labute approximate surface area is 153 Å². The van der Waals surface area contributed by atoms with Gasteiger partial charge in [0.05, 0.1) is 0 Å². The number of halogens is 1. The molecule has 0 saturated heterocycles. The van der Waals surface area contributed by atoms with Crippen LogP contribution in [-0.4, -0.2) is 5.10 Å². The van der Waals surface area contributed by atoms with Crippen molar-refractivity contribution in [3.05, 3.63) is 82.5 Å².